The predicted molar refractivity (Wildman–Crippen MR) is 110 cm³/mol. The summed E-state index contributed by atoms with van der Waals surface area (Å²) in [6.45, 7) is 4.32. The molecular weight excluding hydrogens is 382 g/mol. The molecule has 0 radical (unpaired) electrons. The molecule has 8 heteroatoms. The van der Waals surface area contributed by atoms with E-state index in [1.54, 1.807) is 24.8 Å². The van der Waals surface area contributed by atoms with E-state index in [-0.39, 0.29) is 17.6 Å². The third-order valence-electron chi connectivity index (χ3n) is 7.11. The predicted octanol–water partition coefficient (Wildman–Crippen LogP) is 1.21. The summed E-state index contributed by atoms with van der Waals surface area (Å²) < 4.78 is 8.32. The Morgan fingerprint density at radius 2 is 2.03 bits per heavy atom. The molecule has 30 heavy (non-hydrogen) atoms. The van der Waals surface area contributed by atoms with Gasteiger partial charge in [0, 0.05) is 51.0 Å². The van der Waals surface area contributed by atoms with Gasteiger partial charge in [-0.05, 0) is 37.0 Å². The standard InChI is InChI=1S/C22H29N5O3/c28-17-3-1-16(2-4-17)6-9-26-12-19-18(20-5-8-22(19,13-26)30-20)11-23-21(29)7-10-27-14-24-25-15-27/h1-4,14-15,18-20,28H,5-13H2,(H,23,29)/t18-,19+,20+,22+/m0/s1. The van der Waals surface area contributed by atoms with Gasteiger partial charge in [0.1, 0.15) is 18.4 Å². The molecule has 3 fully saturated rings. The molecule has 5 rings (SSSR count). The van der Waals surface area contributed by atoms with Crippen molar-refractivity contribution in [1.82, 2.24) is 25.0 Å². The quantitative estimate of drug-likeness (QED) is 0.678. The normalized spacial score (nSPS) is 29.9. The number of ether oxygens (including phenoxy) is 1. The number of nitrogens with zero attached hydrogens (tertiary/aromatic N) is 4. The molecule has 2 bridgehead atoms. The lowest BCUT2D eigenvalue weighted by Gasteiger charge is -2.29. The number of rotatable bonds is 8. The summed E-state index contributed by atoms with van der Waals surface area (Å²) in [6.07, 6.45) is 7.19. The van der Waals surface area contributed by atoms with Crippen molar-refractivity contribution in [3.8, 4) is 5.75 Å². The van der Waals surface area contributed by atoms with Crippen LogP contribution in [0.3, 0.4) is 0 Å². The number of carbonyl (C=O) groups is 1. The van der Waals surface area contributed by atoms with Gasteiger partial charge in [0.2, 0.25) is 5.91 Å². The van der Waals surface area contributed by atoms with Gasteiger partial charge < -0.3 is 19.7 Å². The molecule has 3 saturated heterocycles. The zero-order chi connectivity index (χ0) is 20.6. The molecule has 4 atom stereocenters. The Hall–Kier alpha value is -2.45. The summed E-state index contributed by atoms with van der Waals surface area (Å²) in [7, 11) is 0. The van der Waals surface area contributed by atoms with E-state index in [1.165, 1.54) is 5.56 Å². The van der Waals surface area contributed by atoms with Gasteiger partial charge in [-0.2, -0.15) is 0 Å². The molecule has 8 nitrogen and oxygen atoms in total. The number of benzene rings is 1. The Morgan fingerprint density at radius 1 is 1.23 bits per heavy atom. The number of carbonyl (C=O) groups excluding carboxylic acids is 1. The number of nitrogens with one attached hydrogen (secondary N) is 1. The van der Waals surface area contributed by atoms with Gasteiger partial charge in [-0.3, -0.25) is 9.69 Å². The van der Waals surface area contributed by atoms with E-state index in [0.717, 1.165) is 38.9 Å². The van der Waals surface area contributed by atoms with Crippen LogP contribution in [0.15, 0.2) is 36.9 Å². The van der Waals surface area contributed by atoms with Crippen LogP contribution < -0.4 is 5.32 Å². The highest BCUT2D eigenvalue weighted by Crippen LogP contribution is 2.54. The maximum absolute atomic E-state index is 12.3. The Morgan fingerprint density at radius 3 is 2.83 bits per heavy atom. The van der Waals surface area contributed by atoms with Crippen LogP contribution in [0.2, 0.25) is 0 Å². The fourth-order valence-electron chi connectivity index (χ4n) is 5.57. The van der Waals surface area contributed by atoms with E-state index in [0.29, 0.717) is 37.1 Å². The molecule has 2 aromatic rings. The van der Waals surface area contributed by atoms with Crippen LogP contribution >= 0.6 is 0 Å². The highest BCUT2D eigenvalue weighted by atomic mass is 16.5. The van der Waals surface area contributed by atoms with Crippen molar-refractivity contribution in [2.45, 2.75) is 43.9 Å². The van der Waals surface area contributed by atoms with E-state index in [4.69, 9.17) is 4.74 Å². The number of aromatic nitrogens is 3. The first-order valence-corrected chi connectivity index (χ1v) is 10.9. The fraction of sp³-hybridized carbons (Fsp3) is 0.591. The average Bonchev–Trinajstić information content (AvgIpc) is 3.51. The number of phenols is 1. The van der Waals surface area contributed by atoms with Crippen molar-refractivity contribution in [2.75, 3.05) is 26.2 Å². The van der Waals surface area contributed by atoms with Crippen LogP contribution in [0.5, 0.6) is 5.75 Å². The first-order valence-electron chi connectivity index (χ1n) is 10.9. The number of aryl methyl sites for hydroxylation is 1. The van der Waals surface area contributed by atoms with Crippen LogP contribution in [-0.2, 0) is 22.5 Å². The maximum Gasteiger partial charge on any atom is 0.221 e. The van der Waals surface area contributed by atoms with Crippen molar-refractivity contribution < 1.29 is 14.6 Å². The second-order valence-electron chi connectivity index (χ2n) is 8.94. The lowest BCUT2D eigenvalue weighted by Crippen LogP contribution is -2.42. The monoisotopic (exact) mass is 411 g/mol. The SMILES string of the molecule is O=C(CCn1cnnc1)NC[C@H]1[C@H]2CN(CCc3ccc(O)cc3)C[C@]23CC[C@H]1O3. The number of likely N-dealkylation sites (tertiary alicyclic amines) is 1. The Kier molecular flexibility index (Phi) is 5.20. The van der Waals surface area contributed by atoms with Crippen LogP contribution in [0, 0.1) is 11.8 Å². The molecule has 0 unspecified atom stereocenters. The number of fused-ring (bicyclic) bond motifs is 1. The highest BCUT2D eigenvalue weighted by Gasteiger charge is 2.62. The molecule has 2 N–H and O–H groups in total. The molecule has 4 heterocycles. The lowest BCUT2D eigenvalue weighted by molar-refractivity contribution is -0.121. The summed E-state index contributed by atoms with van der Waals surface area (Å²) in [6, 6.07) is 7.48. The first kappa shape index (κ1) is 19.5. The summed E-state index contributed by atoms with van der Waals surface area (Å²) in [5.41, 5.74) is 1.22. The molecule has 3 aliphatic rings. The second kappa shape index (κ2) is 8.00. The third kappa shape index (κ3) is 3.81. The smallest absolute Gasteiger partial charge is 0.221 e. The van der Waals surface area contributed by atoms with Crippen molar-refractivity contribution in [2.24, 2.45) is 11.8 Å². The summed E-state index contributed by atoms with van der Waals surface area (Å²) in [4.78, 5) is 14.8. The Labute approximate surface area is 176 Å². The Bertz CT molecular complexity index is 871. The van der Waals surface area contributed by atoms with Crippen molar-refractivity contribution >= 4 is 5.91 Å². The molecular formula is C22H29N5O3. The molecule has 0 saturated carbocycles. The molecule has 1 amide bonds. The summed E-state index contributed by atoms with van der Waals surface area (Å²) >= 11 is 0. The van der Waals surface area contributed by atoms with Gasteiger partial charge in [0.05, 0.1) is 11.7 Å². The third-order valence-corrected chi connectivity index (χ3v) is 7.11. The maximum atomic E-state index is 12.3. The lowest BCUT2D eigenvalue weighted by atomic mass is 9.73. The molecule has 0 aliphatic carbocycles. The Balaban J connectivity index is 1.13. The number of aromatic hydroxyl groups is 1. The first-order chi connectivity index (χ1) is 14.6. The van der Waals surface area contributed by atoms with Gasteiger partial charge in [-0.1, -0.05) is 12.1 Å². The largest absolute Gasteiger partial charge is 0.508 e. The molecule has 1 aromatic heterocycles. The van der Waals surface area contributed by atoms with Crippen LogP contribution in [-0.4, -0.2) is 68.6 Å². The van der Waals surface area contributed by atoms with Gasteiger partial charge in [0.15, 0.2) is 0 Å². The topological polar surface area (TPSA) is 92.5 Å². The average molecular weight is 412 g/mol. The van der Waals surface area contributed by atoms with E-state index < -0.39 is 0 Å². The van der Waals surface area contributed by atoms with E-state index in [1.807, 2.05) is 16.7 Å². The summed E-state index contributed by atoms with van der Waals surface area (Å²) in [5.74, 6) is 1.28. The molecule has 1 spiro atoms. The van der Waals surface area contributed by atoms with Gasteiger partial charge in [-0.15, -0.1) is 10.2 Å². The molecule has 3 aliphatic heterocycles. The van der Waals surface area contributed by atoms with E-state index in [2.05, 4.69) is 20.4 Å². The van der Waals surface area contributed by atoms with Crippen LogP contribution in [0.25, 0.3) is 0 Å². The zero-order valence-corrected chi connectivity index (χ0v) is 17.1. The molecule has 160 valence electrons. The number of hydrogen-bond acceptors (Lipinski definition) is 6. The number of amides is 1. The van der Waals surface area contributed by atoms with E-state index in [9.17, 15) is 9.90 Å². The summed E-state index contributed by atoms with van der Waals surface area (Å²) in [5, 5.41) is 20.1. The van der Waals surface area contributed by atoms with Gasteiger partial charge in [-0.25, -0.2) is 0 Å². The second-order valence-corrected chi connectivity index (χ2v) is 8.94. The van der Waals surface area contributed by atoms with Crippen molar-refractivity contribution in [3.05, 3.63) is 42.5 Å². The minimum atomic E-state index is -0.0164. The van der Waals surface area contributed by atoms with Gasteiger partial charge >= 0.3 is 0 Å². The zero-order valence-electron chi connectivity index (χ0n) is 17.1. The number of phenolic OH excluding ortho intramolecular Hbond substituents is 1. The number of hydrogen-bond donors (Lipinski definition) is 2. The fourth-order valence-corrected chi connectivity index (χ4v) is 5.57. The van der Waals surface area contributed by atoms with Crippen LogP contribution in [0.1, 0.15) is 24.8 Å². The van der Waals surface area contributed by atoms with Crippen molar-refractivity contribution in [1.29, 1.82) is 0 Å². The van der Waals surface area contributed by atoms with Gasteiger partial charge in [0.25, 0.3) is 0 Å². The van der Waals surface area contributed by atoms with E-state index >= 15 is 0 Å². The molecule has 1 aromatic carbocycles. The minimum Gasteiger partial charge on any atom is -0.508 e. The van der Waals surface area contributed by atoms with Crippen LogP contribution in [0.4, 0.5) is 0 Å². The van der Waals surface area contributed by atoms with Crippen molar-refractivity contribution in [3.63, 3.8) is 0 Å². The highest BCUT2D eigenvalue weighted by molar-refractivity contribution is 5.75. The minimum absolute atomic E-state index is 0.0164.